The zero-order chi connectivity index (χ0) is 14.9. The summed E-state index contributed by atoms with van der Waals surface area (Å²) in [6.45, 7) is 1.99. The molecule has 0 aliphatic heterocycles. The van der Waals surface area contributed by atoms with Gasteiger partial charge in [-0.3, -0.25) is 24.1 Å². The van der Waals surface area contributed by atoms with Gasteiger partial charge in [-0.25, -0.2) is 14.5 Å². The Kier molecular flexibility index (Phi) is 3.73. The molecule has 8 nitrogen and oxygen atoms in total. The Bertz CT molecular complexity index is 768. The average Bonchev–Trinajstić information content (AvgIpc) is 2.84. The third kappa shape index (κ3) is 2.24. The van der Waals surface area contributed by atoms with Crippen LogP contribution in [0.3, 0.4) is 0 Å². The Morgan fingerprint density at radius 3 is 2.65 bits per heavy atom. The topological polar surface area (TPSA) is 90.9 Å². The zero-order valence-corrected chi connectivity index (χ0v) is 11.7. The van der Waals surface area contributed by atoms with E-state index in [-0.39, 0.29) is 17.1 Å². The molecule has 0 aromatic carbocycles. The summed E-state index contributed by atoms with van der Waals surface area (Å²) in [7, 11) is 2.92. The minimum atomic E-state index is -0.489. The molecule has 0 spiro atoms. The average molecular weight is 279 g/mol. The van der Waals surface area contributed by atoms with Crippen molar-refractivity contribution in [2.24, 2.45) is 14.1 Å². The summed E-state index contributed by atoms with van der Waals surface area (Å²) < 4.78 is 3.53. The van der Waals surface area contributed by atoms with Crippen LogP contribution in [0.2, 0.25) is 0 Å². The maximum atomic E-state index is 12.1. The SMILES string of the molecule is CCCCC(=O)Nn1cnc2c1c(=O)n(C)c(=O)n2C. The largest absolute Gasteiger partial charge is 0.332 e. The van der Waals surface area contributed by atoms with Crippen LogP contribution < -0.4 is 16.7 Å². The molecule has 0 atom stereocenters. The number of amides is 1. The number of imidazole rings is 1. The van der Waals surface area contributed by atoms with Crippen molar-refractivity contribution in [2.45, 2.75) is 26.2 Å². The van der Waals surface area contributed by atoms with Crippen LogP contribution in [0.25, 0.3) is 11.2 Å². The molecule has 2 heterocycles. The molecule has 1 amide bonds. The molecule has 0 saturated heterocycles. The first-order chi connectivity index (χ1) is 9.47. The zero-order valence-electron chi connectivity index (χ0n) is 11.7. The van der Waals surface area contributed by atoms with Crippen LogP contribution in [0, 0.1) is 0 Å². The lowest BCUT2D eigenvalue weighted by Crippen LogP contribution is -2.38. The van der Waals surface area contributed by atoms with E-state index in [0.717, 1.165) is 17.4 Å². The van der Waals surface area contributed by atoms with Gasteiger partial charge < -0.3 is 0 Å². The van der Waals surface area contributed by atoms with Gasteiger partial charge in [0.2, 0.25) is 5.91 Å². The van der Waals surface area contributed by atoms with Gasteiger partial charge in [0.1, 0.15) is 6.33 Å². The number of unbranched alkanes of at least 4 members (excludes halogenated alkanes) is 1. The van der Waals surface area contributed by atoms with Gasteiger partial charge in [0, 0.05) is 20.5 Å². The lowest BCUT2D eigenvalue weighted by Gasteiger charge is -2.07. The highest BCUT2D eigenvalue weighted by Gasteiger charge is 2.15. The first-order valence-electron chi connectivity index (χ1n) is 6.40. The number of nitrogens with zero attached hydrogens (tertiary/aromatic N) is 4. The lowest BCUT2D eigenvalue weighted by atomic mass is 10.2. The number of nitrogens with one attached hydrogen (secondary N) is 1. The van der Waals surface area contributed by atoms with Gasteiger partial charge in [-0.2, -0.15) is 0 Å². The summed E-state index contributed by atoms with van der Waals surface area (Å²) in [5.41, 5.74) is 2.08. The van der Waals surface area contributed by atoms with Crippen LogP contribution in [0.15, 0.2) is 15.9 Å². The van der Waals surface area contributed by atoms with Crippen LogP contribution in [-0.2, 0) is 18.9 Å². The van der Waals surface area contributed by atoms with Crippen molar-refractivity contribution in [2.75, 3.05) is 5.43 Å². The third-order valence-electron chi connectivity index (χ3n) is 3.15. The highest BCUT2D eigenvalue weighted by Crippen LogP contribution is 2.04. The molecular weight excluding hydrogens is 262 g/mol. The highest BCUT2D eigenvalue weighted by molar-refractivity contribution is 5.85. The van der Waals surface area contributed by atoms with Crippen molar-refractivity contribution in [1.29, 1.82) is 0 Å². The molecule has 0 fully saturated rings. The summed E-state index contributed by atoms with van der Waals surface area (Å²) in [6, 6.07) is 0. The molecular formula is C12H17N5O3. The predicted octanol–water partition coefficient (Wildman–Crippen LogP) is -0.306. The second-order valence-corrected chi connectivity index (χ2v) is 4.63. The summed E-state index contributed by atoms with van der Waals surface area (Å²) >= 11 is 0. The Morgan fingerprint density at radius 1 is 1.30 bits per heavy atom. The first-order valence-corrected chi connectivity index (χ1v) is 6.40. The van der Waals surface area contributed by atoms with Crippen molar-refractivity contribution in [3.05, 3.63) is 27.2 Å². The van der Waals surface area contributed by atoms with Crippen LogP contribution in [0.4, 0.5) is 0 Å². The Hall–Kier alpha value is -2.38. The normalized spacial score (nSPS) is 10.9. The summed E-state index contributed by atoms with van der Waals surface area (Å²) in [5.74, 6) is -0.193. The number of carbonyl (C=O) groups is 1. The quantitative estimate of drug-likeness (QED) is 0.831. The Labute approximate surface area is 114 Å². The van der Waals surface area contributed by atoms with Gasteiger partial charge in [-0.1, -0.05) is 13.3 Å². The van der Waals surface area contributed by atoms with Crippen molar-refractivity contribution in [3.63, 3.8) is 0 Å². The molecule has 0 aliphatic rings. The molecule has 0 bridgehead atoms. The Morgan fingerprint density at radius 2 is 2.00 bits per heavy atom. The third-order valence-corrected chi connectivity index (χ3v) is 3.15. The molecule has 2 rings (SSSR count). The molecule has 20 heavy (non-hydrogen) atoms. The van der Waals surface area contributed by atoms with Gasteiger partial charge in [-0.15, -0.1) is 0 Å². The van der Waals surface area contributed by atoms with E-state index in [9.17, 15) is 14.4 Å². The molecule has 8 heteroatoms. The summed E-state index contributed by atoms with van der Waals surface area (Å²) in [5, 5.41) is 0. The van der Waals surface area contributed by atoms with E-state index in [1.54, 1.807) is 0 Å². The second kappa shape index (κ2) is 5.32. The number of hydrogen-bond donors (Lipinski definition) is 1. The smallest absolute Gasteiger partial charge is 0.279 e. The first kappa shape index (κ1) is 14.0. The van der Waals surface area contributed by atoms with Crippen LogP contribution in [0.5, 0.6) is 0 Å². The minimum absolute atomic E-state index is 0.180. The van der Waals surface area contributed by atoms with Crippen LogP contribution in [-0.4, -0.2) is 24.7 Å². The van der Waals surface area contributed by atoms with Crippen molar-refractivity contribution < 1.29 is 4.79 Å². The van der Waals surface area contributed by atoms with Gasteiger partial charge >= 0.3 is 5.69 Å². The molecule has 1 N–H and O–H groups in total. The molecule has 2 aromatic rings. The number of aryl methyl sites for hydroxylation is 1. The van der Waals surface area contributed by atoms with Gasteiger partial charge in [0.25, 0.3) is 5.56 Å². The molecule has 0 aliphatic carbocycles. The van der Waals surface area contributed by atoms with Crippen molar-refractivity contribution in [3.8, 4) is 0 Å². The standard InChI is InChI=1S/C12H17N5O3/c1-4-5-6-8(18)14-17-7-13-10-9(17)11(19)16(3)12(20)15(10)2/h7H,4-6H2,1-3H3,(H,14,18). The second-order valence-electron chi connectivity index (χ2n) is 4.63. The van der Waals surface area contributed by atoms with E-state index in [1.165, 1.54) is 29.7 Å². The number of rotatable bonds is 4. The molecule has 0 radical (unpaired) electrons. The van der Waals surface area contributed by atoms with E-state index in [4.69, 9.17) is 0 Å². The van der Waals surface area contributed by atoms with E-state index < -0.39 is 11.2 Å². The maximum Gasteiger partial charge on any atom is 0.332 e. The molecule has 0 unspecified atom stereocenters. The summed E-state index contributed by atoms with van der Waals surface area (Å²) in [4.78, 5) is 39.6. The minimum Gasteiger partial charge on any atom is -0.279 e. The van der Waals surface area contributed by atoms with Crippen molar-refractivity contribution in [1.82, 2.24) is 18.8 Å². The van der Waals surface area contributed by atoms with E-state index in [1.807, 2.05) is 6.92 Å². The van der Waals surface area contributed by atoms with Gasteiger partial charge in [-0.05, 0) is 6.42 Å². The lowest BCUT2D eigenvalue weighted by molar-refractivity contribution is -0.117. The van der Waals surface area contributed by atoms with Crippen molar-refractivity contribution >= 4 is 17.1 Å². The van der Waals surface area contributed by atoms with E-state index in [2.05, 4.69) is 10.4 Å². The van der Waals surface area contributed by atoms with E-state index >= 15 is 0 Å². The fourth-order valence-corrected chi connectivity index (χ4v) is 1.96. The van der Waals surface area contributed by atoms with E-state index in [0.29, 0.717) is 6.42 Å². The van der Waals surface area contributed by atoms with Gasteiger partial charge in [0.15, 0.2) is 11.2 Å². The molecule has 2 aromatic heterocycles. The molecule has 108 valence electrons. The fourth-order valence-electron chi connectivity index (χ4n) is 1.96. The molecule has 0 saturated carbocycles. The highest BCUT2D eigenvalue weighted by atomic mass is 16.2. The monoisotopic (exact) mass is 279 g/mol. The summed E-state index contributed by atoms with van der Waals surface area (Å²) in [6.07, 6.45) is 3.39. The number of fused-ring (bicyclic) bond motifs is 1. The van der Waals surface area contributed by atoms with Crippen LogP contribution >= 0.6 is 0 Å². The Balaban J connectivity index is 2.50. The van der Waals surface area contributed by atoms with Gasteiger partial charge in [0.05, 0.1) is 0 Å². The van der Waals surface area contributed by atoms with Crippen LogP contribution in [0.1, 0.15) is 26.2 Å². The maximum absolute atomic E-state index is 12.1. The number of aromatic nitrogens is 4. The number of carbonyl (C=O) groups excluding carboxylic acids is 1. The predicted molar refractivity (Wildman–Crippen MR) is 74.1 cm³/mol. The fraction of sp³-hybridized carbons (Fsp3) is 0.500. The number of hydrogen-bond acceptors (Lipinski definition) is 4.